The SMILES string of the molecule is O=C(N/N=C/c1ccc2cccc(O)c2n1)c1ccc(Br)cc1O. The standard InChI is InChI=1S/C17H12BrN3O3/c18-11-5-7-13(15(23)8-11)17(24)21-19-9-12-6-4-10-2-1-3-14(22)16(10)20-12/h1-9,22-23H,(H,21,24)/b19-9+. The predicted molar refractivity (Wildman–Crippen MR) is 94.3 cm³/mol. The molecule has 6 nitrogen and oxygen atoms in total. The number of benzene rings is 2. The first-order valence-corrected chi connectivity index (χ1v) is 7.74. The Morgan fingerprint density at radius 3 is 2.75 bits per heavy atom. The number of hydrogen-bond donors (Lipinski definition) is 3. The van der Waals surface area contributed by atoms with Crippen molar-refractivity contribution >= 4 is 39.0 Å². The molecule has 0 aliphatic carbocycles. The summed E-state index contributed by atoms with van der Waals surface area (Å²) in [6.45, 7) is 0. The van der Waals surface area contributed by atoms with E-state index in [1.165, 1.54) is 18.3 Å². The number of carbonyl (C=O) groups is 1. The molecule has 0 saturated heterocycles. The molecular formula is C17H12BrN3O3. The van der Waals surface area contributed by atoms with Gasteiger partial charge in [-0.3, -0.25) is 4.79 Å². The average molecular weight is 386 g/mol. The Morgan fingerprint density at radius 2 is 1.96 bits per heavy atom. The molecule has 1 amide bonds. The van der Waals surface area contributed by atoms with E-state index in [2.05, 4.69) is 31.4 Å². The van der Waals surface area contributed by atoms with Crippen molar-refractivity contribution in [2.75, 3.05) is 0 Å². The van der Waals surface area contributed by atoms with Crippen molar-refractivity contribution in [3.05, 3.63) is 64.3 Å². The van der Waals surface area contributed by atoms with E-state index in [4.69, 9.17) is 0 Å². The van der Waals surface area contributed by atoms with Gasteiger partial charge in [-0.15, -0.1) is 0 Å². The van der Waals surface area contributed by atoms with Gasteiger partial charge in [0.2, 0.25) is 0 Å². The monoisotopic (exact) mass is 385 g/mol. The maximum atomic E-state index is 12.0. The number of phenols is 2. The van der Waals surface area contributed by atoms with Crippen molar-refractivity contribution in [2.24, 2.45) is 5.10 Å². The largest absolute Gasteiger partial charge is 0.507 e. The number of phenolic OH excluding ortho intramolecular Hbond substituents is 2. The Kier molecular flexibility index (Phi) is 4.43. The molecule has 24 heavy (non-hydrogen) atoms. The van der Waals surface area contributed by atoms with Crippen LogP contribution in [0.25, 0.3) is 10.9 Å². The molecule has 3 rings (SSSR count). The number of hydrogen-bond acceptors (Lipinski definition) is 5. The van der Waals surface area contributed by atoms with Crippen molar-refractivity contribution in [1.29, 1.82) is 0 Å². The van der Waals surface area contributed by atoms with Crippen LogP contribution >= 0.6 is 15.9 Å². The van der Waals surface area contributed by atoms with Crippen LogP contribution in [-0.2, 0) is 0 Å². The van der Waals surface area contributed by atoms with E-state index in [1.54, 1.807) is 30.3 Å². The number of rotatable bonds is 3. The van der Waals surface area contributed by atoms with Gasteiger partial charge >= 0.3 is 0 Å². The molecule has 3 N–H and O–H groups in total. The van der Waals surface area contributed by atoms with Gasteiger partial charge < -0.3 is 10.2 Å². The van der Waals surface area contributed by atoms with Gasteiger partial charge in [0.1, 0.15) is 17.0 Å². The molecular weight excluding hydrogens is 374 g/mol. The molecule has 1 heterocycles. The van der Waals surface area contributed by atoms with Crippen molar-refractivity contribution in [2.45, 2.75) is 0 Å². The maximum Gasteiger partial charge on any atom is 0.275 e. The number of amides is 1. The third kappa shape index (κ3) is 3.36. The predicted octanol–water partition coefficient (Wildman–Crippen LogP) is 3.17. The number of halogens is 1. The lowest BCUT2D eigenvalue weighted by molar-refractivity contribution is 0.0952. The van der Waals surface area contributed by atoms with Gasteiger partial charge in [-0.2, -0.15) is 5.10 Å². The quantitative estimate of drug-likeness (QED) is 0.476. The molecule has 0 unspecified atom stereocenters. The Bertz CT molecular complexity index is 957. The highest BCUT2D eigenvalue weighted by atomic mass is 79.9. The number of para-hydroxylation sites is 1. The van der Waals surface area contributed by atoms with E-state index in [1.807, 2.05) is 6.07 Å². The second kappa shape index (κ2) is 6.67. The second-order valence-corrected chi connectivity index (χ2v) is 5.86. The van der Waals surface area contributed by atoms with Gasteiger partial charge in [-0.25, -0.2) is 10.4 Å². The van der Waals surface area contributed by atoms with E-state index in [0.29, 0.717) is 15.7 Å². The first-order valence-electron chi connectivity index (χ1n) is 6.95. The van der Waals surface area contributed by atoms with Crippen molar-refractivity contribution < 1.29 is 15.0 Å². The van der Waals surface area contributed by atoms with Gasteiger partial charge in [0, 0.05) is 9.86 Å². The lowest BCUT2D eigenvalue weighted by Gasteiger charge is -2.03. The Balaban J connectivity index is 1.76. The van der Waals surface area contributed by atoms with Crippen LogP contribution in [0.5, 0.6) is 11.5 Å². The summed E-state index contributed by atoms with van der Waals surface area (Å²) in [5.41, 5.74) is 3.37. The molecule has 0 bridgehead atoms. The van der Waals surface area contributed by atoms with Crippen LogP contribution in [0.15, 0.2) is 58.1 Å². The Hall–Kier alpha value is -2.93. The lowest BCUT2D eigenvalue weighted by Crippen LogP contribution is -2.17. The van der Waals surface area contributed by atoms with Gasteiger partial charge in [0.15, 0.2) is 0 Å². The number of carbonyl (C=O) groups excluding carboxylic acids is 1. The Morgan fingerprint density at radius 1 is 1.12 bits per heavy atom. The minimum absolute atomic E-state index is 0.0755. The summed E-state index contributed by atoms with van der Waals surface area (Å²) >= 11 is 3.20. The first-order chi connectivity index (χ1) is 11.5. The fourth-order valence-electron chi connectivity index (χ4n) is 2.13. The molecule has 0 fully saturated rings. The second-order valence-electron chi connectivity index (χ2n) is 4.95. The van der Waals surface area contributed by atoms with Crippen LogP contribution in [0, 0.1) is 0 Å². The van der Waals surface area contributed by atoms with Crippen molar-refractivity contribution in [3.63, 3.8) is 0 Å². The zero-order chi connectivity index (χ0) is 17.1. The highest BCUT2D eigenvalue weighted by molar-refractivity contribution is 9.10. The number of fused-ring (bicyclic) bond motifs is 1. The molecule has 0 spiro atoms. The summed E-state index contributed by atoms with van der Waals surface area (Å²) in [6.07, 6.45) is 1.36. The van der Waals surface area contributed by atoms with E-state index in [0.717, 1.165) is 5.39 Å². The first kappa shape index (κ1) is 15.9. The fourth-order valence-corrected chi connectivity index (χ4v) is 2.48. The third-order valence-corrected chi connectivity index (χ3v) is 3.78. The molecule has 0 atom stereocenters. The highest BCUT2D eigenvalue weighted by Crippen LogP contribution is 2.23. The van der Waals surface area contributed by atoms with Crippen LogP contribution < -0.4 is 5.43 Å². The van der Waals surface area contributed by atoms with E-state index in [-0.39, 0.29) is 17.1 Å². The number of hydrazone groups is 1. The normalized spacial score (nSPS) is 11.0. The number of nitrogens with zero attached hydrogens (tertiary/aromatic N) is 2. The van der Waals surface area contributed by atoms with Crippen LogP contribution in [-0.4, -0.2) is 27.3 Å². The van der Waals surface area contributed by atoms with Gasteiger partial charge in [-0.05, 0) is 30.3 Å². The molecule has 3 aromatic rings. The van der Waals surface area contributed by atoms with Crippen LogP contribution in [0.1, 0.15) is 16.1 Å². The average Bonchev–Trinajstić information content (AvgIpc) is 2.55. The zero-order valence-electron chi connectivity index (χ0n) is 12.3. The lowest BCUT2D eigenvalue weighted by atomic mass is 10.2. The minimum Gasteiger partial charge on any atom is -0.507 e. The third-order valence-electron chi connectivity index (χ3n) is 3.29. The maximum absolute atomic E-state index is 12.0. The van der Waals surface area contributed by atoms with E-state index in [9.17, 15) is 15.0 Å². The smallest absolute Gasteiger partial charge is 0.275 e. The van der Waals surface area contributed by atoms with Crippen LogP contribution in [0.4, 0.5) is 0 Å². The molecule has 0 aliphatic rings. The Labute approximate surface area is 145 Å². The molecule has 1 aromatic heterocycles. The van der Waals surface area contributed by atoms with Crippen LogP contribution in [0.3, 0.4) is 0 Å². The number of pyridine rings is 1. The summed E-state index contributed by atoms with van der Waals surface area (Å²) < 4.78 is 0.667. The number of aromatic nitrogens is 1. The molecule has 0 radical (unpaired) electrons. The molecule has 0 aliphatic heterocycles. The van der Waals surface area contributed by atoms with E-state index < -0.39 is 5.91 Å². The number of aromatic hydroxyl groups is 2. The number of nitrogens with one attached hydrogen (secondary N) is 1. The summed E-state index contributed by atoms with van der Waals surface area (Å²) in [5, 5.41) is 24.2. The van der Waals surface area contributed by atoms with Crippen molar-refractivity contribution in [1.82, 2.24) is 10.4 Å². The molecule has 2 aromatic carbocycles. The summed E-state index contributed by atoms with van der Waals surface area (Å²) in [5.74, 6) is -0.614. The fraction of sp³-hybridized carbons (Fsp3) is 0. The van der Waals surface area contributed by atoms with Gasteiger partial charge in [0.25, 0.3) is 5.91 Å². The summed E-state index contributed by atoms with van der Waals surface area (Å²) in [4.78, 5) is 16.2. The topological polar surface area (TPSA) is 94.8 Å². The zero-order valence-corrected chi connectivity index (χ0v) is 13.9. The molecule has 120 valence electrons. The van der Waals surface area contributed by atoms with Gasteiger partial charge in [-0.1, -0.05) is 34.1 Å². The highest BCUT2D eigenvalue weighted by Gasteiger charge is 2.10. The van der Waals surface area contributed by atoms with Crippen molar-refractivity contribution in [3.8, 4) is 11.5 Å². The van der Waals surface area contributed by atoms with Crippen LogP contribution in [0.2, 0.25) is 0 Å². The molecule has 7 heteroatoms. The molecule has 0 saturated carbocycles. The van der Waals surface area contributed by atoms with E-state index >= 15 is 0 Å². The van der Waals surface area contributed by atoms with Gasteiger partial charge in [0.05, 0.1) is 17.5 Å². The summed E-state index contributed by atoms with van der Waals surface area (Å²) in [7, 11) is 0. The summed E-state index contributed by atoms with van der Waals surface area (Å²) in [6, 6.07) is 13.2. The minimum atomic E-state index is -0.542.